The van der Waals surface area contributed by atoms with Crippen molar-refractivity contribution >= 4 is 33.5 Å². The van der Waals surface area contributed by atoms with Gasteiger partial charge in [0.25, 0.3) is 0 Å². The molecule has 0 saturated carbocycles. The van der Waals surface area contributed by atoms with Crippen LogP contribution < -0.4 is 0 Å². The highest BCUT2D eigenvalue weighted by atomic mass is 127. The Hall–Kier alpha value is -0.720. The van der Waals surface area contributed by atoms with Crippen LogP contribution in [-0.4, -0.2) is 14.8 Å². The lowest BCUT2D eigenvalue weighted by Crippen LogP contribution is -1.92. The molecule has 0 radical (unpaired) electrons. The third-order valence-corrected chi connectivity index (χ3v) is 2.72. The van der Waals surface area contributed by atoms with Crippen molar-refractivity contribution in [2.45, 2.75) is 6.92 Å². The number of aryl methyl sites for hydroxylation is 2. The van der Waals surface area contributed by atoms with E-state index in [2.05, 4.69) is 10.1 Å². The minimum Gasteiger partial charge on any atom is -0.265 e. The summed E-state index contributed by atoms with van der Waals surface area (Å²) < 4.78 is 15.9. The van der Waals surface area contributed by atoms with Crippen LogP contribution in [-0.2, 0) is 7.05 Å². The van der Waals surface area contributed by atoms with Crippen LogP contribution in [0.25, 0.3) is 10.9 Å². The molecule has 2 rings (SSSR count). The molecule has 0 saturated heterocycles. The topological polar surface area (TPSA) is 30.7 Å². The van der Waals surface area contributed by atoms with Crippen LogP contribution in [0.4, 0.5) is 4.39 Å². The van der Waals surface area contributed by atoms with Gasteiger partial charge in [-0.1, -0.05) is 0 Å². The van der Waals surface area contributed by atoms with Gasteiger partial charge in [0.05, 0.1) is 22.8 Å². The summed E-state index contributed by atoms with van der Waals surface area (Å²) in [5.74, 6) is -0.269. The summed E-state index contributed by atoms with van der Waals surface area (Å²) in [4.78, 5) is 3.94. The summed E-state index contributed by atoms with van der Waals surface area (Å²) in [6, 6.07) is 0. The molecule has 68 valence electrons. The van der Waals surface area contributed by atoms with Gasteiger partial charge in [-0.2, -0.15) is 5.10 Å². The van der Waals surface area contributed by atoms with E-state index in [0.717, 1.165) is 5.52 Å². The molecule has 0 aliphatic carbocycles. The van der Waals surface area contributed by atoms with E-state index in [1.807, 2.05) is 22.6 Å². The molecule has 0 bridgehead atoms. The number of fused-ring (bicyclic) bond motifs is 1. The quantitative estimate of drug-likeness (QED) is 0.695. The smallest absolute Gasteiger partial charge is 0.156 e. The zero-order valence-electron chi connectivity index (χ0n) is 7.17. The Morgan fingerprint density at radius 3 is 2.92 bits per heavy atom. The van der Waals surface area contributed by atoms with Gasteiger partial charge < -0.3 is 0 Å². The second-order valence-corrected chi connectivity index (χ2v) is 3.85. The van der Waals surface area contributed by atoms with Gasteiger partial charge in [0.1, 0.15) is 3.70 Å². The first-order valence-corrected chi connectivity index (χ1v) is 4.82. The van der Waals surface area contributed by atoms with E-state index in [4.69, 9.17) is 0 Å². The van der Waals surface area contributed by atoms with Gasteiger partial charge >= 0.3 is 0 Å². The van der Waals surface area contributed by atoms with E-state index < -0.39 is 0 Å². The lowest BCUT2D eigenvalue weighted by Gasteiger charge is -1.97. The molecule has 0 aliphatic rings. The Bertz CT molecular complexity index is 478. The highest BCUT2D eigenvalue weighted by Gasteiger charge is 2.13. The average Bonchev–Trinajstić information content (AvgIpc) is 2.35. The van der Waals surface area contributed by atoms with Gasteiger partial charge in [-0.05, 0) is 29.5 Å². The predicted molar refractivity (Wildman–Crippen MR) is 55.9 cm³/mol. The summed E-state index contributed by atoms with van der Waals surface area (Å²) in [5.41, 5.74) is 1.14. The van der Waals surface area contributed by atoms with Crippen molar-refractivity contribution in [3.63, 3.8) is 0 Å². The Morgan fingerprint density at radius 1 is 1.54 bits per heavy atom. The normalized spacial score (nSPS) is 11.1. The highest BCUT2D eigenvalue weighted by molar-refractivity contribution is 14.1. The molecule has 3 nitrogen and oxygen atoms in total. The number of hydrogen-bond donors (Lipinski definition) is 0. The van der Waals surface area contributed by atoms with E-state index in [0.29, 0.717) is 14.8 Å². The van der Waals surface area contributed by atoms with Crippen LogP contribution in [0, 0.1) is 16.4 Å². The third kappa shape index (κ3) is 1.21. The summed E-state index contributed by atoms with van der Waals surface area (Å²) in [7, 11) is 1.78. The van der Waals surface area contributed by atoms with Gasteiger partial charge in [0.2, 0.25) is 0 Å². The maximum absolute atomic E-state index is 13.6. The first kappa shape index (κ1) is 8.86. The predicted octanol–water partition coefficient (Wildman–Crippen LogP) is 2.02. The average molecular weight is 291 g/mol. The summed E-state index contributed by atoms with van der Waals surface area (Å²) in [6.07, 6.45) is 1.64. The molecule has 0 amide bonds. The van der Waals surface area contributed by atoms with Crippen molar-refractivity contribution in [1.82, 2.24) is 14.8 Å². The standard InChI is InChI=1S/C8H7FIN3/c1-4-7(9)6-5(3-11-4)13(2)12-8(6)10/h3H,1-2H3. The monoisotopic (exact) mass is 291 g/mol. The number of nitrogens with zero attached hydrogens (tertiary/aromatic N) is 3. The molecular formula is C8H7FIN3. The van der Waals surface area contributed by atoms with Crippen LogP contribution in [0.2, 0.25) is 0 Å². The molecule has 0 spiro atoms. The Labute approximate surface area is 88.1 Å². The fourth-order valence-electron chi connectivity index (χ4n) is 1.25. The first-order chi connectivity index (χ1) is 6.11. The van der Waals surface area contributed by atoms with Crippen LogP contribution in [0.1, 0.15) is 5.69 Å². The van der Waals surface area contributed by atoms with Gasteiger partial charge in [-0.25, -0.2) is 4.39 Å². The lowest BCUT2D eigenvalue weighted by atomic mass is 10.2. The summed E-state index contributed by atoms with van der Waals surface area (Å²) in [5, 5.41) is 4.68. The van der Waals surface area contributed by atoms with E-state index in [9.17, 15) is 4.39 Å². The Kier molecular flexibility index (Phi) is 1.98. The number of pyridine rings is 1. The van der Waals surface area contributed by atoms with Gasteiger partial charge in [-0.3, -0.25) is 9.67 Å². The van der Waals surface area contributed by atoms with Crippen molar-refractivity contribution in [1.29, 1.82) is 0 Å². The highest BCUT2D eigenvalue weighted by Crippen LogP contribution is 2.23. The van der Waals surface area contributed by atoms with E-state index in [-0.39, 0.29) is 5.82 Å². The molecular weight excluding hydrogens is 284 g/mol. The molecule has 5 heteroatoms. The summed E-state index contributed by atoms with van der Waals surface area (Å²) >= 11 is 2.02. The molecule has 0 N–H and O–H groups in total. The van der Waals surface area contributed by atoms with E-state index in [1.54, 1.807) is 24.9 Å². The number of rotatable bonds is 0. The molecule has 2 aromatic heterocycles. The van der Waals surface area contributed by atoms with Gasteiger partial charge in [0, 0.05) is 7.05 Å². The SMILES string of the molecule is Cc1ncc2c(c(I)nn2C)c1F. The maximum atomic E-state index is 13.6. The third-order valence-electron chi connectivity index (χ3n) is 1.97. The van der Waals surface area contributed by atoms with Crippen LogP contribution in [0.15, 0.2) is 6.20 Å². The second-order valence-electron chi connectivity index (χ2n) is 2.83. The minimum atomic E-state index is -0.269. The lowest BCUT2D eigenvalue weighted by molar-refractivity contribution is 0.622. The molecule has 13 heavy (non-hydrogen) atoms. The Morgan fingerprint density at radius 2 is 2.23 bits per heavy atom. The number of hydrogen-bond acceptors (Lipinski definition) is 2. The van der Waals surface area contributed by atoms with Crippen LogP contribution in [0.3, 0.4) is 0 Å². The van der Waals surface area contributed by atoms with Crippen molar-refractivity contribution in [3.05, 3.63) is 21.4 Å². The number of halogens is 2. The Balaban J connectivity index is 2.98. The van der Waals surface area contributed by atoms with E-state index >= 15 is 0 Å². The zero-order chi connectivity index (χ0) is 9.59. The fourth-order valence-corrected chi connectivity index (χ4v) is 2.09. The maximum Gasteiger partial charge on any atom is 0.156 e. The van der Waals surface area contributed by atoms with E-state index in [1.165, 1.54) is 0 Å². The minimum absolute atomic E-state index is 0.269. The molecule has 2 aromatic rings. The molecule has 0 aliphatic heterocycles. The van der Waals surface area contributed by atoms with Gasteiger partial charge in [-0.15, -0.1) is 0 Å². The molecule has 0 aromatic carbocycles. The largest absolute Gasteiger partial charge is 0.265 e. The van der Waals surface area contributed by atoms with Crippen molar-refractivity contribution in [2.75, 3.05) is 0 Å². The zero-order valence-corrected chi connectivity index (χ0v) is 9.33. The van der Waals surface area contributed by atoms with Crippen LogP contribution >= 0.6 is 22.6 Å². The summed E-state index contributed by atoms with van der Waals surface area (Å²) in [6.45, 7) is 1.65. The van der Waals surface area contributed by atoms with Crippen molar-refractivity contribution in [2.24, 2.45) is 7.05 Å². The second kappa shape index (κ2) is 2.90. The molecule has 2 heterocycles. The van der Waals surface area contributed by atoms with Crippen LogP contribution in [0.5, 0.6) is 0 Å². The number of aromatic nitrogens is 3. The first-order valence-electron chi connectivity index (χ1n) is 3.74. The molecule has 0 unspecified atom stereocenters. The molecule has 0 fully saturated rings. The van der Waals surface area contributed by atoms with Crippen molar-refractivity contribution < 1.29 is 4.39 Å². The van der Waals surface area contributed by atoms with Crippen molar-refractivity contribution in [3.8, 4) is 0 Å². The molecule has 0 atom stereocenters. The fraction of sp³-hybridized carbons (Fsp3) is 0.250. The van der Waals surface area contributed by atoms with Gasteiger partial charge in [0.15, 0.2) is 5.82 Å².